The zero-order valence-corrected chi connectivity index (χ0v) is 13.2. The molecule has 0 radical (unpaired) electrons. The molecule has 0 amide bonds. The van der Waals surface area contributed by atoms with Crippen molar-refractivity contribution in [1.82, 2.24) is 4.90 Å². The number of hydrogen-bond acceptors (Lipinski definition) is 4. The molecule has 0 fully saturated rings. The normalized spacial score (nSPS) is 12.9. The van der Waals surface area contributed by atoms with Crippen LogP contribution in [-0.4, -0.2) is 47.8 Å². The van der Waals surface area contributed by atoms with Crippen LogP contribution in [0.5, 0.6) is 0 Å². The van der Waals surface area contributed by atoms with Gasteiger partial charge in [0.15, 0.2) is 0 Å². The molecular formula is C15H24N2O2S. The highest BCUT2D eigenvalue weighted by molar-refractivity contribution is 7.80. The zero-order valence-electron chi connectivity index (χ0n) is 12.4. The molecule has 1 atom stereocenters. The average Bonchev–Trinajstić information content (AvgIpc) is 2.42. The standard InChI is InChI=1S/C15H24N2O2S/c1-11(2)17(8-9-19-3)10-14(18)12-4-6-13(7-5-12)15(16)20/h4-7,11,14,18H,8-10H2,1-3H3,(H2,16,20). The quantitative estimate of drug-likeness (QED) is 0.715. The molecule has 1 unspecified atom stereocenters. The lowest BCUT2D eigenvalue weighted by Gasteiger charge is -2.28. The smallest absolute Gasteiger partial charge is 0.103 e. The van der Waals surface area contributed by atoms with Crippen molar-refractivity contribution in [3.63, 3.8) is 0 Å². The van der Waals surface area contributed by atoms with E-state index < -0.39 is 6.10 Å². The lowest BCUT2D eigenvalue weighted by molar-refractivity contribution is 0.0721. The predicted octanol–water partition coefficient (Wildman–Crippen LogP) is 1.71. The molecule has 1 aromatic carbocycles. The molecule has 0 aromatic heterocycles. The molecule has 0 bridgehead atoms. The molecule has 0 aliphatic heterocycles. The van der Waals surface area contributed by atoms with Crippen molar-refractivity contribution in [1.29, 1.82) is 0 Å². The Kier molecular flexibility index (Phi) is 7.09. The number of benzene rings is 1. The van der Waals surface area contributed by atoms with Crippen molar-refractivity contribution in [2.45, 2.75) is 26.0 Å². The van der Waals surface area contributed by atoms with Crippen molar-refractivity contribution < 1.29 is 9.84 Å². The van der Waals surface area contributed by atoms with E-state index in [9.17, 15) is 5.11 Å². The van der Waals surface area contributed by atoms with Crippen LogP contribution in [0.3, 0.4) is 0 Å². The third-order valence-electron chi connectivity index (χ3n) is 3.30. The molecule has 4 nitrogen and oxygen atoms in total. The highest BCUT2D eigenvalue weighted by Gasteiger charge is 2.16. The number of hydrogen-bond donors (Lipinski definition) is 2. The maximum atomic E-state index is 10.3. The fraction of sp³-hybridized carbons (Fsp3) is 0.533. The first kappa shape index (κ1) is 17.0. The van der Waals surface area contributed by atoms with E-state index in [4.69, 9.17) is 22.7 Å². The van der Waals surface area contributed by atoms with E-state index in [0.29, 0.717) is 24.2 Å². The third-order valence-corrected chi connectivity index (χ3v) is 3.54. The molecule has 0 spiro atoms. The van der Waals surface area contributed by atoms with Crippen molar-refractivity contribution in [2.24, 2.45) is 5.73 Å². The molecule has 3 N–H and O–H groups in total. The summed E-state index contributed by atoms with van der Waals surface area (Å²) in [4.78, 5) is 2.56. The summed E-state index contributed by atoms with van der Waals surface area (Å²) < 4.78 is 5.10. The molecule has 0 aliphatic rings. The van der Waals surface area contributed by atoms with Crippen molar-refractivity contribution in [2.75, 3.05) is 26.8 Å². The average molecular weight is 296 g/mol. The molecule has 1 aromatic rings. The van der Waals surface area contributed by atoms with Crippen LogP contribution in [0.25, 0.3) is 0 Å². The van der Waals surface area contributed by atoms with Crippen LogP contribution in [0.2, 0.25) is 0 Å². The molecule has 20 heavy (non-hydrogen) atoms. The number of nitrogens with zero attached hydrogens (tertiary/aromatic N) is 1. The van der Waals surface area contributed by atoms with E-state index >= 15 is 0 Å². The fourth-order valence-electron chi connectivity index (χ4n) is 1.97. The van der Waals surface area contributed by atoms with Gasteiger partial charge in [0.25, 0.3) is 0 Å². The predicted molar refractivity (Wildman–Crippen MR) is 85.9 cm³/mol. The van der Waals surface area contributed by atoms with Crippen LogP contribution in [0.1, 0.15) is 31.1 Å². The van der Waals surface area contributed by atoms with E-state index in [0.717, 1.165) is 17.7 Å². The van der Waals surface area contributed by atoms with Gasteiger partial charge in [0.1, 0.15) is 4.99 Å². The Morgan fingerprint density at radius 1 is 1.35 bits per heavy atom. The van der Waals surface area contributed by atoms with Crippen LogP contribution in [0.15, 0.2) is 24.3 Å². The third kappa shape index (κ3) is 5.17. The number of nitrogens with two attached hydrogens (primary N) is 1. The molecule has 0 heterocycles. The number of rotatable bonds is 8. The number of methoxy groups -OCH3 is 1. The number of aliphatic hydroxyl groups excluding tert-OH is 1. The Morgan fingerprint density at radius 2 is 1.95 bits per heavy atom. The van der Waals surface area contributed by atoms with Crippen LogP contribution in [0, 0.1) is 0 Å². The molecule has 112 valence electrons. The van der Waals surface area contributed by atoms with Crippen LogP contribution >= 0.6 is 12.2 Å². The number of ether oxygens (including phenoxy) is 1. The molecular weight excluding hydrogens is 272 g/mol. The highest BCUT2D eigenvalue weighted by Crippen LogP contribution is 2.16. The van der Waals surface area contributed by atoms with Gasteiger partial charge in [-0.25, -0.2) is 0 Å². The van der Waals surface area contributed by atoms with Crippen LogP contribution < -0.4 is 5.73 Å². The summed E-state index contributed by atoms with van der Waals surface area (Å²) in [6.07, 6.45) is -0.533. The molecule has 1 rings (SSSR count). The molecule has 0 saturated carbocycles. The monoisotopic (exact) mass is 296 g/mol. The largest absolute Gasteiger partial charge is 0.389 e. The Bertz CT molecular complexity index is 420. The van der Waals surface area contributed by atoms with Crippen LogP contribution in [-0.2, 0) is 4.74 Å². The number of aliphatic hydroxyl groups is 1. The second-order valence-corrected chi connectivity index (χ2v) is 5.52. The van der Waals surface area contributed by atoms with Crippen LogP contribution in [0.4, 0.5) is 0 Å². The van der Waals surface area contributed by atoms with Gasteiger partial charge in [0.2, 0.25) is 0 Å². The van der Waals surface area contributed by atoms with Gasteiger partial charge in [-0.15, -0.1) is 0 Å². The summed E-state index contributed by atoms with van der Waals surface area (Å²) in [7, 11) is 1.68. The zero-order chi connectivity index (χ0) is 15.1. The lowest BCUT2D eigenvalue weighted by atomic mass is 10.1. The summed E-state index contributed by atoms with van der Waals surface area (Å²) in [5.74, 6) is 0. The van der Waals surface area contributed by atoms with Gasteiger partial charge in [-0.1, -0.05) is 36.5 Å². The first-order valence-electron chi connectivity index (χ1n) is 6.76. The van der Waals surface area contributed by atoms with E-state index in [2.05, 4.69) is 18.7 Å². The maximum absolute atomic E-state index is 10.3. The summed E-state index contributed by atoms with van der Waals surface area (Å²) in [5.41, 5.74) is 7.25. The summed E-state index contributed by atoms with van der Waals surface area (Å²) in [5, 5.41) is 10.3. The Morgan fingerprint density at radius 3 is 2.40 bits per heavy atom. The minimum atomic E-state index is -0.533. The number of thiocarbonyl (C=S) groups is 1. The van der Waals surface area contributed by atoms with Gasteiger partial charge in [-0.05, 0) is 19.4 Å². The second-order valence-electron chi connectivity index (χ2n) is 5.08. The molecule has 0 saturated heterocycles. The molecule has 0 aliphatic carbocycles. The first-order chi connectivity index (χ1) is 9.45. The van der Waals surface area contributed by atoms with E-state index in [-0.39, 0.29) is 0 Å². The van der Waals surface area contributed by atoms with E-state index in [1.165, 1.54) is 0 Å². The van der Waals surface area contributed by atoms with Gasteiger partial charge in [0, 0.05) is 31.8 Å². The van der Waals surface area contributed by atoms with Crippen molar-refractivity contribution in [3.05, 3.63) is 35.4 Å². The molecule has 5 heteroatoms. The van der Waals surface area contributed by atoms with Crippen molar-refractivity contribution >= 4 is 17.2 Å². The Hall–Kier alpha value is -1.01. The van der Waals surface area contributed by atoms with Gasteiger partial charge < -0.3 is 15.6 Å². The Balaban J connectivity index is 2.67. The summed E-state index contributed by atoms with van der Waals surface area (Å²) in [6, 6.07) is 7.78. The van der Waals surface area contributed by atoms with E-state index in [1.807, 2.05) is 24.3 Å². The summed E-state index contributed by atoms with van der Waals surface area (Å²) in [6.45, 7) is 6.26. The SMILES string of the molecule is COCCN(CC(O)c1ccc(C(N)=S)cc1)C(C)C. The van der Waals surface area contributed by atoms with Gasteiger partial charge in [0.05, 0.1) is 12.7 Å². The van der Waals surface area contributed by atoms with Gasteiger partial charge in [-0.3, -0.25) is 4.90 Å². The topological polar surface area (TPSA) is 58.7 Å². The first-order valence-corrected chi connectivity index (χ1v) is 7.17. The fourth-order valence-corrected chi connectivity index (χ4v) is 2.10. The minimum absolute atomic E-state index is 0.357. The summed E-state index contributed by atoms with van der Waals surface area (Å²) >= 11 is 4.92. The second kappa shape index (κ2) is 8.32. The highest BCUT2D eigenvalue weighted by atomic mass is 32.1. The van der Waals surface area contributed by atoms with Gasteiger partial charge >= 0.3 is 0 Å². The Labute approximate surface area is 126 Å². The maximum Gasteiger partial charge on any atom is 0.103 e. The minimum Gasteiger partial charge on any atom is -0.389 e. The van der Waals surface area contributed by atoms with Crippen molar-refractivity contribution in [3.8, 4) is 0 Å². The van der Waals surface area contributed by atoms with Gasteiger partial charge in [-0.2, -0.15) is 0 Å². The van der Waals surface area contributed by atoms with E-state index in [1.54, 1.807) is 7.11 Å². The lowest BCUT2D eigenvalue weighted by Crippen LogP contribution is -2.37.